The third-order valence-corrected chi connectivity index (χ3v) is 6.23. The SMILES string of the molecule is COc1cc(C)c(S(=O)(=O)Nc2ccc(Oc3cc(-n4ccnc4)ncn3)cc2)cc1C. The zero-order valence-corrected chi connectivity index (χ0v) is 18.5. The molecule has 0 bridgehead atoms. The number of rotatable bonds is 7. The lowest BCUT2D eigenvalue weighted by Crippen LogP contribution is -2.14. The minimum atomic E-state index is -3.77. The maximum absolute atomic E-state index is 12.9. The minimum absolute atomic E-state index is 0.198. The number of hydrogen-bond donors (Lipinski definition) is 1. The molecule has 1 N–H and O–H groups in total. The summed E-state index contributed by atoms with van der Waals surface area (Å²) in [5.41, 5.74) is 1.74. The van der Waals surface area contributed by atoms with Gasteiger partial charge >= 0.3 is 0 Å². The fourth-order valence-corrected chi connectivity index (χ4v) is 4.49. The molecule has 10 heteroatoms. The Morgan fingerprint density at radius 1 is 1.00 bits per heavy atom. The van der Waals surface area contributed by atoms with Gasteiger partial charge in [-0.25, -0.2) is 23.4 Å². The van der Waals surface area contributed by atoms with Crippen LogP contribution in [0.1, 0.15) is 11.1 Å². The highest BCUT2D eigenvalue weighted by atomic mass is 32.2. The number of aryl methyl sites for hydroxylation is 2. The van der Waals surface area contributed by atoms with Crippen LogP contribution in [0, 0.1) is 13.8 Å². The average Bonchev–Trinajstić information content (AvgIpc) is 3.31. The Kier molecular flexibility index (Phi) is 5.78. The molecule has 2 aromatic heterocycles. The molecule has 4 rings (SSSR count). The number of methoxy groups -OCH3 is 1. The van der Waals surface area contributed by atoms with Crippen LogP contribution in [0.3, 0.4) is 0 Å². The second-order valence-electron chi connectivity index (χ2n) is 7.00. The first-order chi connectivity index (χ1) is 15.4. The highest BCUT2D eigenvalue weighted by Gasteiger charge is 2.19. The van der Waals surface area contributed by atoms with Gasteiger partial charge in [0.25, 0.3) is 10.0 Å². The normalized spacial score (nSPS) is 11.2. The van der Waals surface area contributed by atoms with Crippen LogP contribution in [-0.2, 0) is 10.0 Å². The Balaban J connectivity index is 1.50. The number of sulfonamides is 1. The van der Waals surface area contributed by atoms with Crippen molar-refractivity contribution in [2.45, 2.75) is 18.7 Å². The maximum Gasteiger partial charge on any atom is 0.262 e. The molecular weight excluding hydrogens is 430 g/mol. The predicted octanol–water partition coefficient (Wildman–Crippen LogP) is 3.88. The summed E-state index contributed by atoms with van der Waals surface area (Å²) >= 11 is 0. The van der Waals surface area contributed by atoms with Crippen LogP contribution in [-0.4, -0.2) is 35.0 Å². The van der Waals surface area contributed by atoms with E-state index in [1.54, 1.807) is 86.7 Å². The third-order valence-electron chi connectivity index (χ3n) is 4.71. The number of nitrogens with one attached hydrogen (secondary N) is 1. The average molecular weight is 452 g/mol. The van der Waals surface area contributed by atoms with Gasteiger partial charge in [0.2, 0.25) is 5.88 Å². The fourth-order valence-electron chi connectivity index (χ4n) is 3.12. The van der Waals surface area contributed by atoms with E-state index in [4.69, 9.17) is 9.47 Å². The number of benzene rings is 2. The number of anilines is 1. The van der Waals surface area contributed by atoms with Gasteiger partial charge in [-0.05, 0) is 61.4 Å². The second-order valence-corrected chi connectivity index (χ2v) is 8.65. The van der Waals surface area contributed by atoms with E-state index in [-0.39, 0.29) is 4.90 Å². The molecule has 2 aromatic carbocycles. The van der Waals surface area contributed by atoms with Crippen molar-refractivity contribution in [1.29, 1.82) is 0 Å². The number of hydrogen-bond acceptors (Lipinski definition) is 7. The summed E-state index contributed by atoms with van der Waals surface area (Å²) < 4.78 is 41.1. The molecule has 0 atom stereocenters. The number of ether oxygens (including phenoxy) is 2. The summed E-state index contributed by atoms with van der Waals surface area (Å²) in [5.74, 6) is 2.10. The molecule has 0 saturated heterocycles. The van der Waals surface area contributed by atoms with Gasteiger partial charge in [0, 0.05) is 24.1 Å². The van der Waals surface area contributed by atoms with Crippen LogP contribution in [0.4, 0.5) is 5.69 Å². The van der Waals surface area contributed by atoms with Crippen molar-refractivity contribution in [2.75, 3.05) is 11.8 Å². The topological polar surface area (TPSA) is 108 Å². The maximum atomic E-state index is 12.9. The summed E-state index contributed by atoms with van der Waals surface area (Å²) in [6.45, 7) is 3.53. The summed E-state index contributed by atoms with van der Waals surface area (Å²) in [5, 5.41) is 0. The van der Waals surface area contributed by atoms with Crippen LogP contribution in [0.5, 0.6) is 17.4 Å². The zero-order chi connectivity index (χ0) is 22.7. The Hall–Kier alpha value is -3.92. The zero-order valence-electron chi connectivity index (χ0n) is 17.7. The van der Waals surface area contributed by atoms with E-state index in [9.17, 15) is 8.42 Å². The molecule has 4 aromatic rings. The molecule has 32 heavy (non-hydrogen) atoms. The highest BCUT2D eigenvalue weighted by Crippen LogP contribution is 2.28. The third kappa shape index (κ3) is 4.54. The van der Waals surface area contributed by atoms with Crippen LogP contribution in [0.25, 0.3) is 5.82 Å². The molecule has 2 heterocycles. The van der Waals surface area contributed by atoms with E-state index in [0.717, 1.165) is 5.56 Å². The molecule has 0 radical (unpaired) electrons. The van der Waals surface area contributed by atoms with Crippen molar-refractivity contribution in [3.05, 3.63) is 78.6 Å². The Labute approximate surface area is 185 Å². The Bertz CT molecular complexity index is 1340. The summed E-state index contributed by atoms with van der Waals surface area (Å²) in [7, 11) is -2.22. The van der Waals surface area contributed by atoms with Gasteiger partial charge in [0.1, 0.15) is 30.0 Å². The largest absolute Gasteiger partial charge is 0.496 e. The van der Waals surface area contributed by atoms with Crippen LogP contribution >= 0.6 is 0 Å². The lowest BCUT2D eigenvalue weighted by atomic mass is 10.1. The van der Waals surface area contributed by atoms with Gasteiger partial charge in [-0.2, -0.15) is 0 Å². The van der Waals surface area contributed by atoms with Crippen molar-refractivity contribution in [3.8, 4) is 23.2 Å². The molecule has 164 valence electrons. The van der Waals surface area contributed by atoms with Crippen molar-refractivity contribution < 1.29 is 17.9 Å². The van der Waals surface area contributed by atoms with Gasteiger partial charge in [-0.1, -0.05) is 0 Å². The van der Waals surface area contributed by atoms with Gasteiger partial charge in [-0.3, -0.25) is 9.29 Å². The molecule has 0 spiro atoms. The molecule has 0 aliphatic carbocycles. The smallest absolute Gasteiger partial charge is 0.262 e. The van der Waals surface area contributed by atoms with Gasteiger partial charge in [0.15, 0.2) is 0 Å². The first-order valence-corrected chi connectivity index (χ1v) is 11.1. The van der Waals surface area contributed by atoms with E-state index in [1.807, 2.05) is 0 Å². The van der Waals surface area contributed by atoms with Crippen molar-refractivity contribution in [2.24, 2.45) is 0 Å². The second kappa shape index (κ2) is 8.67. The lowest BCUT2D eigenvalue weighted by Gasteiger charge is -2.14. The molecule has 0 aliphatic heterocycles. The first kappa shape index (κ1) is 21.3. The first-order valence-electron chi connectivity index (χ1n) is 9.62. The number of nitrogens with zero attached hydrogens (tertiary/aromatic N) is 4. The van der Waals surface area contributed by atoms with E-state index in [1.165, 1.54) is 6.33 Å². The summed E-state index contributed by atoms with van der Waals surface area (Å²) in [4.78, 5) is 12.5. The molecule has 0 aliphatic rings. The Morgan fingerprint density at radius 3 is 2.47 bits per heavy atom. The molecular formula is C22H21N5O4S. The van der Waals surface area contributed by atoms with Crippen LogP contribution in [0.15, 0.2) is 72.4 Å². The lowest BCUT2D eigenvalue weighted by molar-refractivity contribution is 0.411. The summed E-state index contributed by atoms with van der Waals surface area (Å²) in [6.07, 6.45) is 6.43. The van der Waals surface area contributed by atoms with Crippen LogP contribution in [0.2, 0.25) is 0 Å². The molecule has 0 saturated carbocycles. The van der Waals surface area contributed by atoms with E-state index < -0.39 is 10.0 Å². The number of aromatic nitrogens is 4. The summed E-state index contributed by atoms with van der Waals surface area (Å²) in [6, 6.07) is 11.5. The van der Waals surface area contributed by atoms with Gasteiger partial charge in [-0.15, -0.1) is 0 Å². The molecule has 0 unspecified atom stereocenters. The van der Waals surface area contributed by atoms with Crippen molar-refractivity contribution in [3.63, 3.8) is 0 Å². The number of imidazole rings is 1. The molecule has 0 fully saturated rings. The predicted molar refractivity (Wildman–Crippen MR) is 119 cm³/mol. The Morgan fingerprint density at radius 2 is 1.78 bits per heavy atom. The van der Waals surface area contributed by atoms with Crippen molar-refractivity contribution in [1.82, 2.24) is 19.5 Å². The standard InChI is InChI=1S/C22H21N5O4S/c1-15-11-20(16(2)10-19(15)30-3)32(28,29)26-17-4-6-18(7-5-17)31-22-12-21(24-13-25-22)27-9-8-23-14-27/h4-14,26H,1-3H3. The van der Waals surface area contributed by atoms with Crippen molar-refractivity contribution >= 4 is 15.7 Å². The van der Waals surface area contributed by atoms with Crippen LogP contribution < -0.4 is 14.2 Å². The van der Waals surface area contributed by atoms with Gasteiger partial charge in [0.05, 0.1) is 12.0 Å². The monoisotopic (exact) mass is 451 g/mol. The fraction of sp³-hybridized carbons (Fsp3) is 0.136. The van der Waals surface area contributed by atoms with E-state index in [0.29, 0.717) is 34.4 Å². The molecule has 9 nitrogen and oxygen atoms in total. The highest BCUT2D eigenvalue weighted by molar-refractivity contribution is 7.92. The minimum Gasteiger partial charge on any atom is -0.496 e. The van der Waals surface area contributed by atoms with E-state index in [2.05, 4.69) is 19.7 Å². The molecule has 0 amide bonds. The van der Waals surface area contributed by atoms with E-state index >= 15 is 0 Å². The quantitative estimate of drug-likeness (QED) is 0.454. The van der Waals surface area contributed by atoms with Gasteiger partial charge < -0.3 is 9.47 Å².